The summed E-state index contributed by atoms with van der Waals surface area (Å²) in [6.45, 7) is 21.9. The van der Waals surface area contributed by atoms with Crippen LogP contribution < -0.4 is 10.4 Å². The van der Waals surface area contributed by atoms with Crippen molar-refractivity contribution >= 4 is 32.6 Å². The van der Waals surface area contributed by atoms with Crippen LogP contribution in [0.1, 0.15) is 43.9 Å². The van der Waals surface area contributed by atoms with E-state index in [0.717, 1.165) is 18.8 Å². The zero-order chi connectivity index (χ0) is 21.6. The van der Waals surface area contributed by atoms with Gasteiger partial charge in [0.25, 0.3) is 0 Å². The first-order valence-electron chi connectivity index (χ1n) is 11.4. The largest absolute Gasteiger partial charge is 0.0776 e. The molecule has 0 atom stereocenters. The lowest BCUT2D eigenvalue weighted by Gasteiger charge is -2.25. The van der Waals surface area contributed by atoms with Crippen LogP contribution in [-0.4, -0.2) is 16.1 Å². The molecule has 29 heavy (non-hydrogen) atoms. The van der Waals surface area contributed by atoms with Crippen LogP contribution in [0.15, 0.2) is 35.9 Å². The Kier molecular flexibility index (Phi) is 6.18. The molecule has 2 aromatic rings. The fraction of sp³-hybridized carbons (Fsp3) is 0.481. The monoisotopic (exact) mass is 420 g/mol. The van der Waals surface area contributed by atoms with Crippen molar-refractivity contribution < 1.29 is 0 Å². The molecule has 3 rings (SSSR count). The SMILES string of the molecule is CCc1ccc2c(c1-c1cc([Si](C)(C)C)cc([Si](C)(C)C)c1)C=C(CC(C)C)C2. The van der Waals surface area contributed by atoms with Gasteiger partial charge in [0, 0.05) is 0 Å². The molecule has 0 spiro atoms. The lowest BCUT2D eigenvalue weighted by molar-refractivity contribution is 0.638. The molecule has 0 heterocycles. The summed E-state index contributed by atoms with van der Waals surface area (Å²) in [5.41, 5.74) is 9.13. The first-order chi connectivity index (χ1) is 13.4. The Morgan fingerprint density at radius 3 is 1.93 bits per heavy atom. The van der Waals surface area contributed by atoms with Crippen LogP contribution in [0.4, 0.5) is 0 Å². The fourth-order valence-electron chi connectivity index (χ4n) is 4.46. The maximum atomic E-state index is 2.55. The molecule has 0 saturated carbocycles. The maximum Gasteiger partial charge on any atom is 0.0776 e. The van der Waals surface area contributed by atoms with E-state index in [-0.39, 0.29) is 0 Å². The van der Waals surface area contributed by atoms with Crippen LogP contribution in [0.5, 0.6) is 0 Å². The van der Waals surface area contributed by atoms with Gasteiger partial charge in [0.05, 0.1) is 16.1 Å². The molecule has 0 N–H and O–H groups in total. The van der Waals surface area contributed by atoms with E-state index in [1.54, 1.807) is 15.9 Å². The molecule has 1 aliphatic carbocycles. The highest BCUT2D eigenvalue weighted by Crippen LogP contribution is 2.38. The molecule has 0 nitrogen and oxygen atoms in total. The average molecular weight is 421 g/mol. The van der Waals surface area contributed by atoms with Gasteiger partial charge in [-0.3, -0.25) is 0 Å². The highest BCUT2D eigenvalue weighted by atomic mass is 28.3. The molecule has 0 unspecified atom stereocenters. The van der Waals surface area contributed by atoms with E-state index in [1.165, 1.54) is 34.2 Å². The zero-order valence-corrected chi connectivity index (χ0v) is 22.2. The van der Waals surface area contributed by atoms with Gasteiger partial charge in [0.15, 0.2) is 0 Å². The van der Waals surface area contributed by atoms with Crippen molar-refractivity contribution in [2.45, 2.75) is 79.3 Å². The first kappa shape index (κ1) is 22.3. The highest BCUT2D eigenvalue weighted by molar-refractivity contribution is 6.91. The van der Waals surface area contributed by atoms with Gasteiger partial charge in [-0.25, -0.2) is 0 Å². The van der Waals surface area contributed by atoms with E-state index in [1.807, 2.05) is 0 Å². The van der Waals surface area contributed by atoms with Gasteiger partial charge in [0.1, 0.15) is 0 Å². The minimum atomic E-state index is -1.39. The van der Waals surface area contributed by atoms with E-state index >= 15 is 0 Å². The molecule has 0 fully saturated rings. The lowest BCUT2D eigenvalue weighted by Crippen LogP contribution is -2.45. The Morgan fingerprint density at radius 2 is 1.45 bits per heavy atom. The van der Waals surface area contributed by atoms with Gasteiger partial charge in [-0.2, -0.15) is 0 Å². The van der Waals surface area contributed by atoms with Crippen LogP contribution in [0.3, 0.4) is 0 Å². The van der Waals surface area contributed by atoms with E-state index in [2.05, 4.69) is 96.5 Å². The predicted octanol–water partition coefficient (Wildman–Crippen LogP) is 6.99. The minimum Gasteiger partial charge on any atom is -0.0656 e. The number of aryl methyl sites for hydroxylation is 1. The van der Waals surface area contributed by atoms with Crippen molar-refractivity contribution in [2.75, 3.05) is 0 Å². The second-order valence-electron chi connectivity index (χ2n) is 11.4. The molecular weight excluding hydrogens is 380 g/mol. The molecule has 156 valence electrons. The molecule has 1 aliphatic rings. The third-order valence-corrected chi connectivity index (χ3v) is 10.2. The van der Waals surface area contributed by atoms with Crippen molar-refractivity contribution in [3.05, 3.63) is 52.6 Å². The number of hydrogen-bond acceptors (Lipinski definition) is 0. The topological polar surface area (TPSA) is 0 Å². The summed E-state index contributed by atoms with van der Waals surface area (Å²) >= 11 is 0. The smallest absolute Gasteiger partial charge is 0.0656 e. The fourth-order valence-corrected chi connectivity index (χ4v) is 6.95. The van der Waals surface area contributed by atoms with Gasteiger partial charge in [-0.05, 0) is 53.0 Å². The molecular formula is C27H40Si2. The van der Waals surface area contributed by atoms with E-state index in [9.17, 15) is 0 Å². The summed E-state index contributed by atoms with van der Waals surface area (Å²) in [6, 6.07) is 12.4. The summed E-state index contributed by atoms with van der Waals surface area (Å²) in [6.07, 6.45) is 5.97. The third-order valence-electron chi connectivity index (χ3n) is 6.19. The Bertz CT molecular complexity index is 902. The first-order valence-corrected chi connectivity index (χ1v) is 18.4. The predicted molar refractivity (Wildman–Crippen MR) is 138 cm³/mol. The summed E-state index contributed by atoms with van der Waals surface area (Å²) in [4.78, 5) is 0. The van der Waals surface area contributed by atoms with Crippen LogP contribution in [0.2, 0.25) is 39.3 Å². The van der Waals surface area contributed by atoms with Crippen LogP contribution >= 0.6 is 0 Å². The average Bonchev–Trinajstić information content (AvgIpc) is 3.00. The molecule has 2 heteroatoms. The summed E-state index contributed by atoms with van der Waals surface area (Å²) in [5.74, 6) is 0.721. The number of fused-ring (bicyclic) bond motifs is 1. The Hall–Kier alpha value is -1.39. The number of rotatable bonds is 6. The van der Waals surface area contributed by atoms with Crippen LogP contribution in [0.25, 0.3) is 17.2 Å². The Balaban J connectivity index is 2.26. The van der Waals surface area contributed by atoms with Crippen molar-refractivity contribution in [3.63, 3.8) is 0 Å². The summed E-state index contributed by atoms with van der Waals surface area (Å²) in [5, 5.41) is 3.22. The van der Waals surface area contributed by atoms with E-state index in [0.29, 0.717) is 0 Å². The van der Waals surface area contributed by atoms with Crippen molar-refractivity contribution in [1.29, 1.82) is 0 Å². The molecule has 0 amide bonds. The molecule has 2 aromatic carbocycles. The van der Waals surface area contributed by atoms with Crippen molar-refractivity contribution in [1.82, 2.24) is 0 Å². The number of hydrogen-bond donors (Lipinski definition) is 0. The van der Waals surface area contributed by atoms with E-state index < -0.39 is 16.1 Å². The van der Waals surface area contributed by atoms with Gasteiger partial charge in [-0.1, -0.05) is 112 Å². The number of allylic oxidation sites excluding steroid dienone is 1. The van der Waals surface area contributed by atoms with Gasteiger partial charge < -0.3 is 0 Å². The molecule has 0 aromatic heterocycles. The van der Waals surface area contributed by atoms with Gasteiger partial charge >= 0.3 is 0 Å². The molecule has 0 aliphatic heterocycles. The second kappa shape index (κ2) is 8.04. The van der Waals surface area contributed by atoms with E-state index in [4.69, 9.17) is 0 Å². The molecule has 0 radical (unpaired) electrons. The zero-order valence-electron chi connectivity index (χ0n) is 20.2. The normalized spacial score (nSPS) is 14.3. The van der Waals surface area contributed by atoms with Crippen molar-refractivity contribution in [2.24, 2.45) is 5.92 Å². The van der Waals surface area contributed by atoms with Crippen LogP contribution in [-0.2, 0) is 12.8 Å². The molecule has 0 bridgehead atoms. The maximum absolute atomic E-state index is 2.55. The van der Waals surface area contributed by atoms with Gasteiger partial charge in [-0.15, -0.1) is 0 Å². The third kappa shape index (κ3) is 4.86. The standard InChI is InChI=1S/C27H40Si2/c1-10-21-11-12-22-14-20(13-19(2)3)15-26(22)27(21)23-16-24(28(4,5)6)18-25(17-23)29(7,8)9/h11-12,15-19H,10,13-14H2,1-9H3. The van der Waals surface area contributed by atoms with Gasteiger partial charge in [0.2, 0.25) is 0 Å². The molecule has 0 saturated heterocycles. The summed E-state index contributed by atoms with van der Waals surface area (Å²) in [7, 11) is -2.78. The Morgan fingerprint density at radius 1 is 0.862 bits per heavy atom. The highest BCUT2D eigenvalue weighted by Gasteiger charge is 2.25. The Labute approximate surface area is 181 Å². The minimum absolute atomic E-state index is 0.721. The number of benzene rings is 2. The second-order valence-corrected chi connectivity index (χ2v) is 21.6. The summed E-state index contributed by atoms with van der Waals surface area (Å²) < 4.78 is 0. The lowest BCUT2D eigenvalue weighted by atomic mass is 9.91. The van der Waals surface area contributed by atoms with Crippen LogP contribution in [0, 0.1) is 5.92 Å². The quantitative estimate of drug-likeness (QED) is 0.442. The van der Waals surface area contributed by atoms with Crippen molar-refractivity contribution in [3.8, 4) is 11.1 Å².